The highest BCUT2D eigenvalue weighted by molar-refractivity contribution is 5.94. The zero-order valence-corrected chi connectivity index (χ0v) is 18.0. The molecule has 2 aromatic carbocycles. The molecule has 7 heteroatoms. The smallest absolute Gasteiger partial charge is 0.240 e. The van der Waals surface area contributed by atoms with E-state index in [0.717, 1.165) is 22.4 Å². The largest absolute Gasteiger partial charge is 0.490 e. The molecule has 2 aromatic rings. The number of aryl methyl sites for hydroxylation is 2. The van der Waals surface area contributed by atoms with Crippen molar-refractivity contribution >= 4 is 23.7 Å². The normalized spacial score (nSPS) is 10.7. The third-order valence-electron chi connectivity index (χ3n) is 4.22. The number of anilines is 1. The van der Waals surface area contributed by atoms with Gasteiger partial charge in [0, 0.05) is 18.5 Å². The van der Waals surface area contributed by atoms with Crippen LogP contribution >= 0.6 is 0 Å². The van der Waals surface area contributed by atoms with Crippen LogP contribution in [-0.4, -0.2) is 31.2 Å². The first-order valence-corrected chi connectivity index (χ1v) is 10.0. The molecule has 0 saturated heterocycles. The van der Waals surface area contributed by atoms with Crippen molar-refractivity contribution in [3.8, 4) is 11.5 Å². The van der Waals surface area contributed by atoms with Gasteiger partial charge in [-0.3, -0.25) is 9.59 Å². The molecule has 2 rings (SSSR count). The first-order valence-electron chi connectivity index (χ1n) is 10.0. The Balaban J connectivity index is 1.83. The summed E-state index contributed by atoms with van der Waals surface area (Å²) in [4.78, 5) is 24.1. The van der Waals surface area contributed by atoms with Gasteiger partial charge in [-0.15, -0.1) is 0 Å². The number of hydrogen-bond acceptors (Lipinski definition) is 5. The maximum atomic E-state index is 12.1. The molecule has 0 aliphatic heterocycles. The summed E-state index contributed by atoms with van der Waals surface area (Å²) in [5, 5.41) is 6.79. The lowest BCUT2D eigenvalue weighted by Crippen LogP contribution is -2.21. The van der Waals surface area contributed by atoms with Crippen LogP contribution in [0.1, 0.15) is 43.4 Å². The van der Waals surface area contributed by atoms with Crippen molar-refractivity contribution < 1.29 is 19.1 Å². The van der Waals surface area contributed by atoms with E-state index >= 15 is 0 Å². The number of nitrogens with one attached hydrogen (secondary N) is 2. The molecule has 2 amide bonds. The van der Waals surface area contributed by atoms with Crippen LogP contribution in [0.2, 0.25) is 0 Å². The van der Waals surface area contributed by atoms with Crippen LogP contribution in [-0.2, 0) is 9.59 Å². The second-order valence-electron chi connectivity index (χ2n) is 6.73. The van der Waals surface area contributed by atoms with Crippen LogP contribution in [0.3, 0.4) is 0 Å². The number of rotatable bonds is 10. The quantitative estimate of drug-likeness (QED) is 0.457. The summed E-state index contributed by atoms with van der Waals surface area (Å²) in [5.74, 6) is 0.738. The van der Waals surface area contributed by atoms with E-state index in [1.165, 1.54) is 6.21 Å². The number of hydrogen-bond donors (Lipinski definition) is 2. The summed E-state index contributed by atoms with van der Waals surface area (Å²) in [7, 11) is 0. The zero-order valence-electron chi connectivity index (χ0n) is 18.0. The first kappa shape index (κ1) is 22.9. The summed E-state index contributed by atoms with van der Waals surface area (Å²) < 4.78 is 11.1. The summed E-state index contributed by atoms with van der Waals surface area (Å²) >= 11 is 0. The van der Waals surface area contributed by atoms with Gasteiger partial charge in [-0.2, -0.15) is 5.10 Å². The van der Waals surface area contributed by atoms with Crippen LogP contribution in [0.15, 0.2) is 41.5 Å². The van der Waals surface area contributed by atoms with Gasteiger partial charge in [-0.1, -0.05) is 12.1 Å². The number of nitrogens with zero attached hydrogens (tertiary/aromatic N) is 1. The number of ether oxygens (including phenoxy) is 2. The van der Waals surface area contributed by atoms with Gasteiger partial charge < -0.3 is 14.8 Å². The lowest BCUT2D eigenvalue weighted by atomic mass is 10.1. The van der Waals surface area contributed by atoms with Crippen molar-refractivity contribution in [1.82, 2.24) is 5.43 Å². The monoisotopic (exact) mass is 411 g/mol. The maximum absolute atomic E-state index is 12.1. The Morgan fingerprint density at radius 1 is 0.933 bits per heavy atom. The van der Waals surface area contributed by atoms with Crippen LogP contribution in [0, 0.1) is 13.8 Å². The van der Waals surface area contributed by atoms with E-state index < -0.39 is 0 Å². The summed E-state index contributed by atoms with van der Waals surface area (Å²) in [6.45, 7) is 8.74. The highest BCUT2D eigenvalue weighted by Gasteiger charge is 2.09. The minimum atomic E-state index is -0.335. The van der Waals surface area contributed by atoms with Crippen LogP contribution < -0.4 is 20.2 Å². The summed E-state index contributed by atoms with van der Waals surface area (Å²) in [6, 6.07) is 11.3. The van der Waals surface area contributed by atoms with Crippen molar-refractivity contribution in [1.29, 1.82) is 0 Å². The van der Waals surface area contributed by atoms with E-state index in [1.807, 2.05) is 52.0 Å². The Morgan fingerprint density at radius 2 is 1.63 bits per heavy atom. The Bertz CT molecular complexity index is 909. The molecule has 0 unspecified atom stereocenters. The molecule has 0 heterocycles. The standard InChI is InChI=1S/C23H29N3O4/c1-5-29-20-10-9-18(14-21(20)30-6-2)15-24-26-23(28)12-11-22(27)25-19-13-16(3)7-8-17(19)4/h7-10,13-15H,5-6,11-12H2,1-4H3,(H,25,27)(H,26,28). The molecule has 0 radical (unpaired) electrons. The third-order valence-corrected chi connectivity index (χ3v) is 4.22. The molecule has 2 N–H and O–H groups in total. The minimum Gasteiger partial charge on any atom is -0.490 e. The fraction of sp³-hybridized carbons (Fsp3) is 0.348. The topological polar surface area (TPSA) is 89.0 Å². The number of carbonyl (C=O) groups is 2. The Hall–Kier alpha value is -3.35. The predicted molar refractivity (Wildman–Crippen MR) is 118 cm³/mol. The second-order valence-corrected chi connectivity index (χ2v) is 6.73. The van der Waals surface area contributed by atoms with Gasteiger partial charge in [0.25, 0.3) is 0 Å². The molecular weight excluding hydrogens is 382 g/mol. The fourth-order valence-electron chi connectivity index (χ4n) is 2.69. The van der Waals surface area contributed by atoms with Crippen LogP contribution in [0.25, 0.3) is 0 Å². The fourth-order valence-corrected chi connectivity index (χ4v) is 2.69. The van der Waals surface area contributed by atoms with Crippen molar-refractivity contribution in [2.45, 2.75) is 40.5 Å². The maximum Gasteiger partial charge on any atom is 0.240 e. The average Bonchev–Trinajstić information content (AvgIpc) is 2.71. The van der Waals surface area contributed by atoms with E-state index in [4.69, 9.17) is 9.47 Å². The SMILES string of the molecule is CCOc1ccc(C=NNC(=O)CCC(=O)Nc2cc(C)ccc2C)cc1OCC. The lowest BCUT2D eigenvalue weighted by molar-refractivity contribution is -0.124. The lowest BCUT2D eigenvalue weighted by Gasteiger charge is -2.11. The van der Waals surface area contributed by atoms with Crippen molar-refractivity contribution in [2.24, 2.45) is 5.10 Å². The molecule has 7 nitrogen and oxygen atoms in total. The molecule has 0 aliphatic carbocycles. The molecular formula is C23H29N3O4. The van der Waals surface area contributed by atoms with E-state index in [0.29, 0.717) is 24.7 Å². The molecule has 0 bridgehead atoms. The Labute approximate surface area is 177 Å². The van der Waals surface area contributed by atoms with E-state index in [2.05, 4.69) is 15.8 Å². The van der Waals surface area contributed by atoms with E-state index in [1.54, 1.807) is 12.1 Å². The van der Waals surface area contributed by atoms with Crippen LogP contribution in [0.5, 0.6) is 11.5 Å². The van der Waals surface area contributed by atoms with Crippen molar-refractivity contribution in [2.75, 3.05) is 18.5 Å². The predicted octanol–water partition coefficient (Wildman–Crippen LogP) is 3.97. The molecule has 0 aliphatic rings. The molecule has 0 atom stereocenters. The second kappa shape index (κ2) is 11.6. The van der Waals surface area contributed by atoms with Gasteiger partial charge in [-0.25, -0.2) is 5.43 Å². The van der Waals surface area contributed by atoms with Gasteiger partial charge in [0.15, 0.2) is 11.5 Å². The third kappa shape index (κ3) is 7.24. The van der Waals surface area contributed by atoms with Gasteiger partial charge >= 0.3 is 0 Å². The highest BCUT2D eigenvalue weighted by Crippen LogP contribution is 2.28. The van der Waals surface area contributed by atoms with Crippen LogP contribution in [0.4, 0.5) is 5.69 Å². The highest BCUT2D eigenvalue weighted by atomic mass is 16.5. The molecule has 30 heavy (non-hydrogen) atoms. The van der Waals surface area contributed by atoms with Crippen molar-refractivity contribution in [3.05, 3.63) is 53.1 Å². The van der Waals surface area contributed by atoms with Gasteiger partial charge in [0.05, 0.1) is 19.4 Å². The Kier molecular flexibility index (Phi) is 8.87. The molecule has 0 saturated carbocycles. The van der Waals surface area contributed by atoms with E-state index in [-0.39, 0.29) is 24.7 Å². The molecule has 0 spiro atoms. The molecule has 0 aromatic heterocycles. The molecule has 160 valence electrons. The van der Waals surface area contributed by atoms with Gasteiger partial charge in [0.2, 0.25) is 11.8 Å². The van der Waals surface area contributed by atoms with Gasteiger partial charge in [-0.05, 0) is 68.7 Å². The minimum absolute atomic E-state index is 0.0432. The Morgan fingerprint density at radius 3 is 2.37 bits per heavy atom. The summed E-state index contributed by atoms with van der Waals surface area (Å²) in [5.41, 5.74) is 6.00. The number of carbonyl (C=O) groups excluding carboxylic acids is 2. The molecule has 0 fully saturated rings. The first-order chi connectivity index (χ1) is 14.4. The zero-order chi connectivity index (χ0) is 21.9. The number of hydrazone groups is 1. The summed E-state index contributed by atoms with van der Waals surface area (Å²) in [6.07, 6.45) is 1.64. The number of amides is 2. The van der Waals surface area contributed by atoms with E-state index in [9.17, 15) is 9.59 Å². The average molecular weight is 412 g/mol. The van der Waals surface area contributed by atoms with Gasteiger partial charge in [0.1, 0.15) is 0 Å². The van der Waals surface area contributed by atoms with Crippen molar-refractivity contribution in [3.63, 3.8) is 0 Å². The number of benzene rings is 2.